The van der Waals surface area contributed by atoms with E-state index in [1.54, 1.807) is 24.1 Å². The van der Waals surface area contributed by atoms with E-state index in [0.717, 1.165) is 6.07 Å². The first-order valence-electron chi connectivity index (χ1n) is 14.6. The van der Waals surface area contributed by atoms with E-state index >= 15 is 8.78 Å². The molecule has 0 bridgehead atoms. The molecule has 1 saturated heterocycles. The number of anilines is 1. The fraction of sp³-hybridized carbons (Fsp3) is 0.344. The quantitative estimate of drug-likeness (QED) is 0.325. The summed E-state index contributed by atoms with van der Waals surface area (Å²) in [5.74, 6) is -5.46. The molecule has 0 spiro atoms. The highest BCUT2D eigenvalue weighted by molar-refractivity contribution is 5.97. The van der Waals surface area contributed by atoms with E-state index in [4.69, 9.17) is 4.74 Å². The number of rotatable bonds is 4. The molecule has 4 aromatic rings. The summed E-state index contributed by atoms with van der Waals surface area (Å²) >= 11 is 0. The van der Waals surface area contributed by atoms with Gasteiger partial charge in [0.1, 0.15) is 22.6 Å². The molecule has 3 aromatic heterocycles. The van der Waals surface area contributed by atoms with Crippen molar-refractivity contribution < 1.29 is 27.8 Å². The van der Waals surface area contributed by atoms with Crippen LogP contribution < -0.4 is 15.3 Å². The van der Waals surface area contributed by atoms with Crippen molar-refractivity contribution in [3.8, 4) is 28.4 Å². The third-order valence-electron chi connectivity index (χ3n) is 8.41. The number of nitrogens with zero attached hydrogens (tertiary/aromatic N) is 6. The first-order valence-corrected chi connectivity index (χ1v) is 14.6. The molecule has 0 saturated carbocycles. The number of amides is 1. The summed E-state index contributed by atoms with van der Waals surface area (Å²) < 4.78 is 53.4. The molecule has 1 N–H and O–H groups in total. The lowest BCUT2D eigenvalue weighted by atomic mass is 10.0. The van der Waals surface area contributed by atoms with E-state index in [9.17, 15) is 19.1 Å². The Morgan fingerprint density at radius 2 is 1.91 bits per heavy atom. The van der Waals surface area contributed by atoms with Crippen LogP contribution in [0.3, 0.4) is 0 Å². The fourth-order valence-electron chi connectivity index (χ4n) is 6.21. The average molecular weight is 621 g/mol. The van der Waals surface area contributed by atoms with E-state index < -0.39 is 40.1 Å². The predicted octanol–water partition coefficient (Wildman–Crippen LogP) is 4.77. The number of aromatic nitrogens is 4. The fourth-order valence-corrected chi connectivity index (χ4v) is 6.21. The topological polar surface area (TPSA) is 114 Å². The molecule has 0 aliphatic carbocycles. The minimum Gasteiger partial charge on any atom is -0.507 e. The van der Waals surface area contributed by atoms with Gasteiger partial charge in [0.05, 0.1) is 29.6 Å². The first kappa shape index (κ1) is 30.1. The minimum absolute atomic E-state index is 0.0273. The van der Waals surface area contributed by atoms with Gasteiger partial charge in [-0.2, -0.15) is 4.98 Å². The van der Waals surface area contributed by atoms with Crippen molar-refractivity contribution in [3.05, 3.63) is 76.2 Å². The van der Waals surface area contributed by atoms with Gasteiger partial charge < -0.3 is 19.6 Å². The maximum Gasteiger partial charge on any atom is 0.355 e. The van der Waals surface area contributed by atoms with Crippen molar-refractivity contribution in [3.63, 3.8) is 0 Å². The Hall–Kier alpha value is -4.94. The normalized spacial score (nSPS) is 18.0. The predicted molar refractivity (Wildman–Crippen MR) is 161 cm³/mol. The second-order valence-corrected chi connectivity index (χ2v) is 11.6. The minimum atomic E-state index is -1.51. The van der Waals surface area contributed by atoms with Gasteiger partial charge in [0, 0.05) is 31.7 Å². The Bertz CT molecular complexity index is 1950. The third kappa shape index (κ3) is 4.77. The Morgan fingerprint density at radius 1 is 1.16 bits per heavy atom. The van der Waals surface area contributed by atoms with Crippen molar-refractivity contribution in [1.82, 2.24) is 24.4 Å². The standard InChI is InChI=1S/C32H31F3N6O4/c1-6-21(43)39-14-18-10-12-45-29-23-30(40(18)13-17(39)5)38-32(44)41(28-16(4)9-11-36-26(28)15(2)3)31(23)37-27(25(29)35)22-20(42)8-7-19(33)24(22)34/h6-9,11,15,17-18,42H,1,10,12-14H2,2-5H3. The second kappa shape index (κ2) is 11.2. The number of carbonyl (C=O) groups excluding carboxylic acids is 1. The molecule has 6 rings (SSSR count). The van der Waals surface area contributed by atoms with Crippen LogP contribution in [-0.2, 0) is 4.79 Å². The number of phenols is 1. The van der Waals surface area contributed by atoms with Gasteiger partial charge in [-0.3, -0.25) is 9.78 Å². The van der Waals surface area contributed by atoms with Crippen molar-refractivity contribution >= 4 is 22.8 Å². The Balaban J connectivity index is 1.74. The summed E-state index contributed by atoms with van der Waals surface area (Å²) in [6.07, 6.45) is 3.16. The Morgan fingerprint density at radius 3 is 2.62 bits per heavy atom. The molecule has 1 aromatic carbocycles. The molecule has 10 nitrogen and oxygen atoms in total. The lowest BCUT2D eigenvalue weighted by Crippen LogP contribution is -2.60. The van der Waals surface area contributed by atoms with E-state index in [1.165, 1.54) is 10.6 Å². The van der Waals surface area contributed by atoms with Crippen LogP contribution >= 0.6 is 0 Å². The Kier molecular flexibility index (Phi) is 7.50. The summed E-state index contributed by atoms with van der Waals surface area (Å²) in [6.45, 7) is 11.5. The molecule has 234 valence electrons. The van der Waals surface area contributed by atoms with Gasteiger partial charge in [0.15, 0.2) is 28.8 Å². The maximum absolute atomic E-state index is 16.5. The van der Waals surface area contributed by atoms with Crippen LogP contribution in [0.1, 0.15) is 44.4 Å². The number of hydrogen-bond donors (Lipinski definition) is 1. The number of piperazine rings is 1. The van der Waals surface area contributed by atoms with E-state index in [-0.39, 0.29) is 66.2 Å². The summed E-state index contributed by atoms with van der Waals surface area (Å²) in [4.78, 5) is 43.7. The number of aryl methyl sites for hydroxylation is 1. The zero-order valence-corrected chi connectivity index (χ0v) is 25.1. The summed E-state index contributed by atoms with van der Waals surface area (Å²) in [6, 6.07) is 2.63. The monoisotopic (exact) mass is 620 g/mol. The third-order valence-corrected chi connectivity index (χ3v) is 8.41. The first-order chi connectivity index (χ1) is 21.4. The molecule has 2 atom stereocenters. The molecule has 2 unspecified atom stereocenters. The van der Waals surface area contributed by atoms with Gasteiger partial charge in [-0.25, -0.2) is 27.5 Å². The van der Waals surface area contributed by atoms with E-state index in [1.807, 2.05) is 25.7 Å². The number of hydrogen-bond acceptors (Lipinski definition) is 8. The molecule has 1 fully saturated rings. The van der Waals surface area contributed by atoms with Crippen LogP contribution in [-0.4, -0.2) is 67.2 Å². The maximum atomic E-state index is 16.5. The summed E-state index contributed by atoms with van der Waals surface area (Å²) in [5.41, 5.74) is -0.956. The number of benzene rings is 1. The molecule has 2 aliphatic rings. The molecule has 1 amide bonds. The molecule has 0 radical (unpaired) electrons. The van der Waals surface area contributed by atoms with Gasteiger partial charge in [-0.1, -0.05) is 20.4 Å². The lowest BCUT2D eigenvalue weighted by Gasteiger charge is -2.46. The van der Waals surface area contributed by atoms with E-state index in [0.29, 0.717) is 29.4 Å². The molecule has 13 heteroatoms. The van der Waals surface area contributed by atoms with Crippen molar-refractivity contribution in [2.24, 2.45) is 0 Å². The number of pyridine rings is 2. The van der Waals surface area contributed by atoms with Gasteiger partial charge >= 0.3 is 5.69 Å². The van der Waals surface area contributed by atoms with Gasteiger partial charge in [-0.05, 0) is 49.6 Å². The van der Waals surface area contributed by atoms with Gasteiger partial charge in [0.2, 0.25) is 5.91 Å². The van der Waals surface area contributed by atoms with Crippen LogP contribution in [0.5, 0.6) is 11.5 Å². The SMILES string of the molecule is C=CC(=O)N1CC2CCOc3c(F)c(-c4c(O)ccc(F)c4F)nc4c3c(nc(=O)n4-c3c(C)ccnc3C(C)C)N2CC1C. The largest absolute Gasteiger partial charge is 0.507 e. The number of fused-ring (bicyclic) bond motifs is 2. The molecular formula is C32H31F3N6O4. The van der Waals surface area contributed by atoms with Crippen molar-refractivity contribution in [2.45, 2.75) is 52.1 Å². The number of phenolic OH excluding ortho intramolecular Hbond substituents is 1. The molecule has 5 heterocycles. The number of aromatic hydroxyl groups is 1. The summed E-state index contributed by atoms with van der Waals surface area (Å²) in [5, 5.41) is 10.6. The zero-order chi connectivity index (χ0) is 32.3. The smallest absolute Gasteiger partial charge is 0.355 e. The van der Waals surface area contributed by atoms with Crippen LogP contribution in [0.25, 0.3) is 28.0 Å². The number of carbonyl (C=O) groups is 1. The van der Waals surface area contributed by atoms with Crippen LogP contribution in [0.4, 0.5) is 19.0 Å². The lowest BCUT2D eigenvalue weighted by molar-refractivity contribution is -0.129. The van der Waals surface area contributed by atoms with Gasteiger partial charge in [0.25, 0.3) is 0 Å². The van der Waals surface area contributed by atoms with Crippen LogP contribution in [0.15, 0.2) is 41.8 Å². The van der Waals surface area contributed by atoms with Crippen LogP contribution in [0.2, 0.25) is 0 Å². The van der Waals surface area contributed by atoms with Gasteiger partial charge in [-0.15, -0.1) is 0 Å². The zero-order valence-electron chi connectivity index (χ0n) is 25.1. The average Bonchev–Trinajstić information content (AvgIpc) is 2.99. The molecular weight excluding hydrogens is 589 g/mol. The highest BCUT2D eigenvalue weighted by atomic mass is 19.2. The van der Waals surface area contributed by atoms with E-state index in [2.05, 4.69) is 21.5 Å². The number of halogens is 3. The molecule has 45 heavy (non-hydrogen) atoms. The van der Waals surface area contributed by atoms with Crippen molar-refractivity contribution in [2.75, 3.05) is 24.6 Å². The van der Waals surface area contributed by atoms with Crippen LogP contribution in [0, 0.1) is 24.4 Å². The highest BCUT2D eigenvalue weighted by Gasteiger charge is 2.39. The van der Waals surface area contributed by atoms with Crippen molar-refractivity contribution in [1.29, 1.82) is 0 Å². The second-order valence-electron chi connectivity index (χ2n) is 11.6. The summed E-state index contributed by atoms with van der Waals surface area (Å²) in [7, 11) is 0. The highest BCUT2D eigenvalue weighted by Crippen LogP contribution is 2.44. The number of ether oxygens (including phenoxy) is 1. The Labute approximate surface area is 256 Å². The molecule has 2 aliphatic heterocycles.